The van der Waals surface area contributed by atoms with E-state index < -0.39 is 5.60 Å². The Kier molecular flexibility index (Phi) is 7.95. The molecule has 2 aromatic heterocycles. The molecule has 3 N–H and O–H groups in total. The van der Waals surface area contributed by atoms with Gasteiger partial charge >= 0.3 is 6.09 Å². The van der Waals surface area contributed by atoms with Crippen LogP contribution in [-0.4, -0.2) is 40.7 Å². The second-order valence-electron chi connectivity index (χ2n) is 10.9. The zero-order valence-corrected chi connectivity index (χ0v) is 22.0. The molecule has 3 aromatic rings. The first-order valence-corrected chi connectivity index (χ1v) is 12.9. The predicted octanol–water partition coefficient (Wildman–Crippen LogP) is 4.96. The first kappa shape index (κ1) is 26.4. The molecule has 0 radical (unpaired) electrons. The Labute approximate surface area is 217 Å². The number of amides is 2. The molecular formula is C29H36N4O4. The van der Waals surface area contributed by atoms with Gasteiger partial charge in [0.05, 0.1) is 16.8 Å². The number of aryl methyl sites for hydroxylation is 1. The van der Waals surface area contributed by atoms with Crippen LogP contribution in [0.15, 0.2) is 47.3 Å². The van der Waals surface area contributed by atoms with Gasteiger partial charge in [-0.15, -0.1) is 0 Å². The molecule has 0 atom stereocenters. The van der Waals surface area contributed by atoms with Gasteiger partial charge in [-0.1, -0.05) is 18.2 Å². The maximum atomic E-state index is 13.3. The number of pyridine rings is 2. The number of alkyl carbamates (subject to hydrolysis) is 1. The number of fused-ring (bicyclic) bond motifs is 1. The SMILES string of the molecule is Cc1[nH]c(=O)ccc1-c1cc(C(=O)NCC2CCC(CNC(=O)OC(C)(C)C)CC2)c2ccccc2n1. The summed E-state index contributed by atoms with van der Waals surface area (Å²) in [6.07, 6.45) is 3.64. The van der Waals surface area contributed by atoms with Crippen molar-refractivity contribution in [2.45, 2.75) is 59.0 Å². The van der Waals surface area contributed by atoms with Crippen molar-refractivity contribution in [3.63, 3.8) is 0 Å². The van der Waals surface area contributed by atoms with Gasteiger partial charge < -0.3 is 20.4 Å². The molecule has 1 fully saturated rings. The van der Waals surface area contributed by atoms with Gasteiger partial charge in [0, 0.05) is 35.8 Å². The average molecular weight is 505 g/mol. The molecule has 1 aliphatic rings. The minimum Gasteiger partial charge on any atom is -0.444 e. The molecule has 0 bridgehead atoms. The van der Waals surface area contributed by atoms with Crippen molar-refractivity contribution in [1.82, 2.24) is 20.6 Å². The quantitative estimate of drug-likeness (QED) is 0.439. The molecule has 1 aromatic carbocycles. The lowest BCUT2D eigenvalue weighted by molar-refractivity contribution is 0.0512. The van der Waals surface area contributed by atoms with Crippen LogP contribution < -0.4 is 16.2 Å². The Bertz CT molecular complexity index is 1330. The number of benzene rings is 1. The van der Waals surface area contributed by atoms with E-state index in [2.05, 4.69) is 15.6 Å². The maximum absolute atomic E-state index is 13.3. The number of para-hydroxylation sites is 1. The summed E-state index contributed by atoms with van der Waals surface area (Å²) >= 11 is 0. The minimum absolute atomic E-state index is 0.129. The monoisotopic (exact) mass is 504 g/mol. The van der Waals surface area contributed by atoms with E-state index in [-0.39, 0.29) is 17.6 Å². The molecular weight excluding hydrogens is 468 g/mol. The molecule has 1 aliphatic carbocycles. The third-order valence-electron chi connectivity index (χ3n) is 6.80. The van der Waals surface area contributed by atoms with E-state index in [1.165, 1.54) is 6.07 Å². The van der Waals surface area contributed by atoms with E-state index in [9.17, 15) is 14.4 Å². The van der Waals surface area contributed by atoms with Crippen molar-refractivity contribution in [2.75, 3.05) is 13.1 Å². The second kappa shape index (κ2) is 11.2. The topological polar surface area (TPSA) is 113 Å². The van der Waals surface area contributed by atoms with Crippen molar-refractivity contribution >= 4 is 22.9 Å². The fraction of sp³-hybridized carbons (Fsp3) is 0.448. The molecule has 4 rings (SSSR count). The van der Waals surface area contributed by atoms with Gasteiger partial charge in [-0.2, -0.15) is 0 Å². The fourth-order valence-corrected chi connectivity index (χ4v) is 4.87. The van der Waals surface area contributed by atoms with Crippen LogP contribution in [0.1, 0.15) is 62.5 Å². The van der Waals surface area contributed by atoms with Crippen LogP contribution in [0.4, 0.5) is 4.79 Å². The third kappa shape index (κ3) is 6.96. The minimum atomic E-state index is -0.500. The van der Waals surface area contributed by atoms with Crippen molar-refractivity contribution in [1.29, 1.82) is 0 Å². The summed E-state index contributed by atoms with van der Waals surface area (Å²) in [4.78, 5) is 44.5. The smallest absolute Gasteiger partial charge is 0.407 e. The Morgan fingerprint density at radius 1 is 1.00 bits per heavy atom. The number of nitrogens with one attached hydrogen (secondary N) is 3. The van der Waals surface area contributed by atoms with Crippen molar-refractivity contribution in [3.8, 4) is 11.3 Å². The van der Waals surface area contributed by atoms with E-state index in [1.54, 1.807) is 12.1 Å². The highest BCUT2D eigenvalue weighted by Crippen LogP contribution is 2.29. The zero-order valence-electron chi connectivity index (χ0n) is 22.0. The molecule has 1 saturated carbocycles. The van der Waals surface area contributed by atoms with Crippen LogP contribution in [0.3, 0.4) is 0 Å². The van der Waals surface area contributed by atoms with Gasteiger partial charge in [-0.05, 0) is 83.4 Å². The summed E-state index contributed by atoms with van der Waals surface area (Å²) < 4.78 is 5.32. The molecule has 8 heteroatoms. The van der Waals surface area contributed by atoms with Gasteiger partial charge in [0.15, 0.2) is 0 Å². The fourth-order valence-electron chi connectivity index (χ4n) is 4.87. The van der Waals surface area contributed by atoms with Crippen LogP contribution in [0.5, 0.6) is 0 Å². The number of aromatic amines is 1. The molecule has 0 spiro atoms. The summed E-state index contributed by atoms with van der Waals surface area (Å²) in [5.41, 5.74) is 2.78. The highest BCUT2D eigenvalue weighted by molar-refractivity contribution is 6.07. The van der Waals surface area contributed by atoms with Gasteiger partial charge in [-0.25, -0.2) is 9.78 Å². The number of ether oxygens (including phenoxy) is 1. The Hall–Kier alpha value is -3.68. The third-order valence-corrected chi connectivity index (χ3v) is 6.80. The van der Waals surface area contributed by atoms with Gasteiger partial charge in [0.25, 0.3) is 5.91 Å². The van der Waals surface area contributed by atoms with Crippen LogP contribution in [0.25, 0.3) is 22.2 Å². The lowest BCUT2D eigenvalue weighted by Gasteiger charge is -2.29. The first-order valence-electron chi connectivity index (χ1n) is 12.9. The summed E-state index contributed by atoms with van der Waals surface area (Å²) in [6, 6.07) is 12.6. The summed E-state index contributed by atoms with van der Waals surface area (Å²) in [6.45, 7) is 8.61. The van der Waals surface area contributed by atoms with Crippen molar-refractivity contribution in [2.24, 2.45) is 11.8 Å². The number of hydrogen-bond donors (Lipinski definition) is 3. The highest BCUT2D eigenvalue weighted by atomic mass is 16.6. The van der Waals surface area contributed by atoms with Crippen LogP contribution in [-0.2, 0) is 4.74 Å². The largest absolute Gasteiger partial charge is 0.444 e. The number of carbonyl (C=O) groups excluding carboxylic acids is 2. The Morgan fingerprint density at radius 2 is 1.65 bits per heavy atom. The van der Waals surface area contributed by atoms with Crippen molar-refractivity contribution in [3.05, 3.63) is 64.1 Å². The lowest BCUT2D eigenvalue weighted by Crippen LogP contribution is -2.37. The number of hydrogen-bond acceptors (Lipinski definition) is 5. The second-order valence-corrected chi connectivity index (χ2v) is 10.9. The first-order chi connectivity index (χ1) is 17.6. The number of carbonyl (C=O) groups is 2. The molecule has 37 heavy (non-hydrogen) atoms. The average Bonchev–Trinajstić information content (AvgIpc) is 2.85. The maximum Gasteiger partial charge on any atom is 0.407 e. The standard InChI is InChI=1S/C29H36N4O4/c1-18-21(13-14-26(34)32-18)25-15-23(22-7-5-6-8-24(22)33-25)27(35)30-16-19-9-11-20(12-10-19)17-31-28(36)37-29(2,3)4/h5-8,13-15,19-20H,9-12,16-17H2,1-4H3,(H,30,35)(H,31,36)(H,32,34). The molecule has 2 amide bonds. The van der Waals surface area contributed by atoms with Gasteiger partial charge in [-0.3, -0.25) is 9.59 Å². The van der Waals surface area contributed by atoms with Gasteiger partial charge in [0.2, 0.25) is 5.56 Å². The summed E-state index contributed by atoms with van der Waals surface area (Å²) in [5.74, 6) is 0.693. The van der Waals surface area contributed by atoms with E-state index in [4.69, 9.17) is 9.72 Å². The molecule has 0 aliphatic heterocycles. The highest BCUT2D eigenvalue weighted by Gasteiger charge is 2.24. The van der Waals surface area contributed by atoms with E-state index in [1.807, 2.05) is 52.0 Å². The molecule has 0 saturated heterocycles. The van der Waals surface area contributed by atoms with Crippen LogP contribution in [0.2, 0.25) is 0 Å². The van der Waals surface area contributed by atoms with Crippen molar-refractivity contribution < 1.29 is 14.3 Å². The van der Waals surface area contributed by atoms with Crippen LogP contribution >= 0.6 is 0 Å². The number of H-pyrrole nitrogens is 1. The normalized spacial score (nSPS) is 17.8. The van der Waals surface area contributed by atoms with Gasteiger partial charge in [0.1, 0.15) is 5.60 Å². The molecule has 0 unspecified atom stereocenters. The van der Waals surface area contributed by atoms with Crippen LogP contribution in [0, 0.1) is 18.8 Å². The van der Waals surface area contributed by atoms with E-state index >= 15 is 0 Å². The lowest BCUT2D eigenvalue weighted by atomic mass is 9.82. The zero-order chi connectivity index (χ0) is 26.6. The van der Waals surface area contributed by atoms with E-state index in [0.717, 1.165) is 42.1 Å². The number of nitrogens with zero attached hydrogens (tertiary/aromatic N) is 1. The molecule has 2 heterocycles. The Morgan fingerprint density at radius 3 is 2.30 bits per heavy atom. The number of aromatic nitrogens is 2. The molecule has 8 nitrogen and oxygen atoms in total. The summed E-state index contributed by atoms with van der Waals surface area (Å²) in [5, 5.41) is 6.82. The predicted molar refractivity (Wildman–Crippen MR) is 145 cm³/mol. The van der Waals surface area contributed by atoms with E-state index in [0.29, 0.717) is 41.9 Å². The molecule has 196 valence electrons. The summed E-state index contributed by atoms with van der Waals surface area (Å²) in [7, 11) is 0. The Balaban J connectivity index is 1.38. The number of rotatable bonds is 6.